The van der Waals surface area contributed by atoms with E-state index in [1.807, 2.05) is 33.8 Å². The minimum Gasteiger partial charge on any atom is -0.478 e. The average Bonchev–Trinajstić information content (AvgIpc) is 2.44. The molecular formula is C16H23ClN4O2. The SMILES string of the molecule is CCOc1cc(N)cc(C)n1.CCOc1nc(C)cc(N)c1Cl. The van der Waals surface area contributed by atoms with E-state index in [2.05, 4.69) is 9.97 Å². The minimum atomic E-state index is 0.391. The number of nitrogens with zero attached hydrogens (tertiary/aromatic N) is 2. The Hall–Kier alpha value is -2.21. The van der Waals surface area contributed by atoms with Gasteiger partial charge in [-0.25, -0.2) is 9.97 Å². The van der Waals surface area contributed by atoms with Gasteiger partial charge in [0.2, 0.25) is 11.8 Å². The summed E-state index contributed by atoms with van der Waals surface area (Å²) in [4.78, 5) is 8.21. The molecule has 0 bridgehead atoms. The van der Waals surface area contributed by atoms with Gasteiger partial charge in [0.1, 0.15) is 5.02 Å². The van der Waals surface area contributed by atoms with Crippen LogP contribution in [0.5, 0.6) is 11.8 Å². The minimum absolute atomic E-state index is 0.391. The van der Waals surface area contributed by atoms with Gasteiger partial charge in [-0.15, -0.1) is 0 Å². The number of pyridine rings is 2. The number of hydrogen-bond acceptors (Lipinski definition) is 6. The Morgan fingerprint density at radius 3 is 2.13 bits per heavy atom. The summed E-state index contributed by atoms with van der Waals surface area (Å²) in [5, 5.41) is 0.391. The van der Waals surface area contributed by atoms with Crippen molar-refractivity contribution in [3.8, 4) is 11.8 Å². The molecule has 126 valence electrons. The third-order valence-electron chi connectivity index (χ3n) is 2.61. The van der Waals surface area contributed by atoms with Crippen LogP contribution in [0.4, 0.5) is 11.4 Å². The predicted octanol–water partition coefficient (Wildman–Crippen LogP) is 3.40. The number of anilines is 2. The summed E-state index contributed by atoms with van der Waals surface area (Å²) in [5.41, 5.74) is 14.1. The topological polar surface area (TPSA) is 96.3 Å². The van der Waals surface area contributed by atoms with Crippen molar-refractivity contribution in [1.82, 2.24) is 9.97 Å². The van der Waals surface area contributed by atoms with Crippen LogP contribution >= 0.6 is 11.6 Å². The molecule has 2 aromatic rings. The Morgan fingerprint density at radius 2 is 1.57 bits per heavy atom. The predicted molar refractivity (Wildman–Crippen MR) is 94.1 cm³/mol. The van der Waals surface area contributed by atoms with Gasteiger partial charge in [0.05, 0.1) is 18.9 Å². The van der Waals surface area contributed by atoms with Gasteiger partial charge in [-0.2, -0.15) is 0 Å². The molecule has 6 nitrogen and oxygen atoms in total. The van der Waals surface area contributed by atoms with E-state index in [0.717, 1.165) is 11.4 Å². The van der Waals surface area contributed by atoms with E-state index in [-0.39, 0.29) is 0 Å². The van der Waals surface area contributed by atoms with Crippen LogP contribution in [-0.2, 0) is 0 Å². The monoisotopic (exact) mass is 338 g/mol. The zero-order valence-corrected chi connectivity index (χ0v) is 14.6. The maximum atomic E-state index is 5.83. The van der Waals surface area contributed by atoms with E-state index in [1.54, 1.807) is 12.1 Å². The Labute approximate surface area is 141 Å². The summed E-state index contributed by atoms with van der Waals surface area (Å²) in [6.07, 6.45) is 0. The molecule has 0 saturated heterocycles. The summed E-state index contributed by atoms with van der Waals surface area (Å²) in [5.74, 6) is 1.02. The smallest absolute Gasteiger partial charge is 0.234 e. The van der Waals surface area contributed by atoms with Crippen LogP contribution in [-0.4, -0.2) is 23.2 Å². The van der Waals surface area contributed by atoms with E-state index in [4.69, 9.17) is 32.5 Å². The molecule has 0 amide bonds. The number of halogens is 1. The van der Waals surface area contributed by atoms with Gasteiger partial charge in [0.25, 0.3) is 0 Å². The number of nitrogens with two attached hydrogens (primary N) is 2. The zero-order chi connectivity index (χ0) is 17.4. The van der Waals surface area contributed by atoms with Gasteiger partial charge in [-0.05, 0) is 39.8 Å². The van der Waals surface area contributed by atoms with Crippen LogP contribution in [0.2, 0.25) is 5.02 Å². The Balaban J connectivity index is 0.000000231. The number of nitrogen functional groups attached to an aromatic ring is 2. The molecule has 0 radical (unpaired) electrons. The normalized spacial score (nSPS) is 9.78. The number of rotatable bonds is 4. The van der Waals surface area contributed by atoms with Crippen LogP contribution in [0.3, 0.4) is 0 Å². The standard InChI is InChI=1S/C8H11ClN2O.C8H12N2O/c1-3-12-8-7(9)6(10)4-5(2)11-8;1-3-11-8-5-7(9)4-6(2)10-8/h4H,3H2,1-2H3,(H2,10,11);4-5H,3H2,1-2H3,(H2,9,10). The second-order valence-electron chi connectivity index (χ2n) is 4.72. The summed E-state index contributed by atoms with van der Waals surface area (Å²) in [6.45, 7) is 8.68. The summed E-state index contributed by atoms with van der Waals surface area (Å²) in [6, 6.07) is 5.24. The largest absolute Gasteiger partial charge is 0.478 e. The van der Waals surface area contributed by atoms with Gasteiger partial charge < -0.3 is 20.9 Å². The molecule has 2 heterocycles. The molecule has 23 heavy (non-hydrogen) atoms. The van der Waals surface area contributed by atoms with E-state index < -0.39 is 0 Å². The van der Waals surface area contributed by atoms with Crippen molar-refractivity contribution >= 4 is 23.0 Å². The van der Waals surface area contributed by atoms with Crippen LogP contribution in [0, 0.1) is 13.8 Å². The molecule has 0 aliphatic rings. The molecular weight excluding hydrogens is 316 g/mol. The highest BCUT2D eigenvalue weighted by Crippen LogP contribution is 2.28. The van der Waals surface area contributed by atoms with Crippen LogP contribution in [0.25, 0.3) is 0 Å². The van der Waals surface area contributed by atoms with E-state index >= 15 is 0 Å². The van der Waals surface area contributed by atoms with Crippen LogP contribution in [0.15, 0.2) is 18.2 Å². The van der Waals surface area contributed by atoms with Crippen LogP contribution < -0.4 is 20.9 Å². The molecule has 0 atom stereocenters. The van der Waals surface area contributed by atoms with Crippen molar-refractivity contribution in [2.75, 3.05) is 24.7 Å². The van der Waals surface area contributed by atoms with Crippen molar-refractivity contribution < 1.29 is 9.47 Å². The first-order valence-corrected chi connectivity index (χ1v) is 7.67. The van der Waals surface area contributed by atoms with E-state index in [1.165, 1.54) is 0 Å². The third kappa shape index (κ3) is 6.20. The van der Waals surface area contributed by atoms with Gasteiger partial charge >= 0.3 is 0 Å². The van der Waals surface area contributed by atoms with Crippen molar-refractivity contribution in [3.63, 3.8) is 0 Å². The highest BCUT2D eigenvalue weighted by atomic mass is 35.5. The van der Waals surface area contributed by atoms with Crippen molar-refractivity contribution in [3.05, 3.63) is 34.6 Å². The fourth-order valence-corrected chi connectivity index (χ4v) is 1.92. The van der Waals surface area contributed by atoms with Crippen molar-refractivity contribution in [2.45, 2.75) is 27.7 Å². The van der Waals surface area contributed by atoms with Crippen molar-refractivity contribution in [2.24, 2.45) is 0 Å². The molecule has 0 aromatic carbocycles. The quantitative estimate of drug-likeness (QED) is 0.886. The molecule has 2 rings (SSSR count). The number of aromatic nitrogens is 2. The van der Waals surface area contributed by atoms with Gasteiger partial charge in [-0.3, -0.25) is 0 Å². The maximum absolute atomic E-state index is 5.83. The third-order valence-corrected chi connectivity index (χ3v) is 2.99. The van der Waals surface area contributed by atoms with Gasteiger partial charge in [0.15, 0.2) is 0 Å². The van der Waals surface area contributed by atoms with Gasteiger partial charge in [0, 0.05) is 23.1 Å². The Bertz CT molecular complexity index is 630. The lowest BCUT2D eigenvalue weighted by atomic mass is 10.3. The lowest BCUT2D eigenvalue weighted by molar-refractivity contribution is 0.326. The van der Waals surface area contributed by atoms with E-state index in [0.29, 0.717) is 41.4 Å². The van der Waals surface area contributed by atoms with Crippen molar-refractivity contribution in [1.29, 1.82) is 0 Å². The lowest BCUT2D eigenvalue weighted by Gasteiger charge is -2.06. The van der Waals surface area contributed by atoms with E-state index in [9.17, 15) is 0 Å². The molecule has 0 saturated carbocycles. The number of ether oxygens (including phenoxy) is 2. The number of aryl methyl sites for hydroxylation is 2. The molecule has 0 aliphatic heterocycles. The lowest BCUT2D eigenvalue weighted by Crippen LogP contribution is -1.99. The Kier molecular flexibility index (Phi) is 7.41. The zero-order valence-electron chi connectivity index (χ0n) is 13.9. The highest BCUT2D eigenvalue weighted by molar-refractivity contribution is 6.34. The first-order chi connectivity index (χ1) is 10.9. The first kappa shape index (κ1) is 18.8. The molecule has 0 fully saturated rings. The summed E-state index contributed by atoms with van der Waals surface area (Å²) in [7, 11) is 0. The second-order valence-corrected chi connectivity index (χ2v) is 5.10. The molecule has 7 heteroatoms. The summed E-state index contributed by atoms with van der Waals surface area (Å²) < 4.78 is 10.4. The average molecular weight is 339 g/mol. The number of hydrogen-bond donors (Lipinski definition) is 2. The fraction of sp³-hybridized carbons (Fsp3) is 0.375. The van der Waals surface area contributed by atoms with Crippen LogP contribution in [0.1, 0.15) is 25.2 Å². The van der Waals surface area contributed by atoms with Gasteiger partial charge in [-0.1, -0.05) is 11.6 Å². The Morgan fingerprint density at radius 1 is 0.957 bits per heavy atom. The highest BCUT2D eigenvalue weighted by Gasteiger charge is 2.06. The molecule has 2 aromatic heterocycles. The molecule has 4 N–H and O–H groups in total. The first-order valence-electron chi connectivity index (χ1n) is 7.29. The molecule has 0 spiro atoms. The molecule has 0 unspecified atom stereocenters. The fourth-order valence-electron chi connectivity index (χ4n) is 1.77. The summed E-state index contributed by atoms with van der Waals surface area (Å²) >= 11 is 5.83. The molecule has 0 aliphatic carbocycles. The maximum Gasteiger partial charge on any atom is 0.234 e. The second kappa shape index (κ2) is 9.05.